The number of likely N-dealkylation sites (tertiary alicyclic amines) is 1. The first-order valence-electron chi connectivity index (χ1n) is 8.10. The Bertz CT molecular complexity index is 322. The molecular formula is C15H28N4. The number of hydrogen-bond donors (Lipinski definition) is 1. The third kappa shape index (κ3) is 3.04. The van der Waals surface area contributed by atoms with Gasteiger partial charge in [-0.3, -0.25) is 9.89 Å². The lowest BCUT2D eigenvalue weighted by molar-refractivity contribution is 0.142. The Labute approximate surface area is 117 Å². The van der Waals surface area contributed by atoms with Crippen molar-refractivity contribution >= 4 is 5.96 Å². The Hall–Kier alpha value is -0.770. The van der Waals surface area contributed by atoms with E-state index in [2.05, 4.69) is 27.2 Å². The van der Waals surface area contributed by atoms with Gasteiger partial charge in [-0.25, -0.2) is 0 Å². The quantitative estimate of drug-likeness (QED) is 0.841. The molecule has 0 amide bonds. The summed E-state index contributed by atoms with van der Waals surface area (Å²) in [4.78, 5) is 9.56. The highest BCUT2D eigenvalue weighted by Crippen LogP contribution is 2.28. The van der Waals surface area contributed by atoms with Crippen molar-refractivity contribution < 1.29 is 0 Å². The molecule has 0 aromatic rings. The van der Waals surface area contributed by atoms with Crippen LogP contribution in [0, 0.1) is 0 Å². The summed E-state index contributed by atoms with van der Waals surface area (Å²) in [5.41, 5.74) is 0. The average molecular weight is 264 g/mol. The monoisotopic (exact) mass is 264 g/mol. The Morgan fingerprint density at radius 1 is 1.11 bits per heavy atom. The van der Waals surface area contributed by atoms with Crippen molar-refractivity contribution in [2.75, 3.05) is 33.2 Å². The van der Waals surface area contributed by atoms with Gasteiger partial charge in [0.15, 0.2) is 5.96 Å². The first kappa shape index (κ1) is 13.2. The van der Waals surface area contributed by atoms with Crippen LogP contribution in [0.3, 0.4) is 0 Å². The summed E-state index contributed by atoms with van der Waals surface area (Å²) in [5, 5.41) is 3.58. The minimum absolute atomic E-state index is 0.736. The molecule has 2 fully saturated rings. The van der Waals surface area contributed by atoms with E-state index in [1.54, 1.807) is 0 Å². The van der Waals surface area contributed by atoms with Gasteiger partial charge in [-0.1, -0.05) is 19.3 Å². The number of aliphatic imine (C=N–C) groups is 1. The first-order valence-corrected chi connectivity index (χ1v) is 8.10. The molecule has 1 atom stereocenters. The summed E-state index contributed by atoms with van der Waals surface area (Å²) in [6, 6.07) is 1.60. The van der Waals surface area contributed by atoms with Gasteiger partial charge in [-0.15, -0.1) is 0 Å². The number of rotatable bonds is 3. The van der Waals surface area contributed by atoms with E-state index < -0.39 is 0 Å². The molecule has 0 aromatic heterocycles. The largest absolute Gasteiger partial charge is 0.355 e. The minimum atomic E-state index is 0.736. The van der Waals surface area contributed by atoms with E-state index in [1.807, 2.05) is 0 Å². The van der Waals surface area contributed by atoms with Gasteiger partial charge in [0, 0.05) is 32.2 Å². The van der Waals surface area contributed by atoms with Crippen molar-refractivity contribution in [2.24, 2.45) is 4.99 Å². The molecule has 0 bridgehead atoms. The van der Waals surface area contributed by atoms with E-state index in [4.69, 9.17) is 0 Å². The summed E-state index contributed by atoms with van der Waals surface area (Å²) >= 11 is 0. The highest BCUT2D eigenvalue weighted by Gasteiger charge is 2.31. The van der Waals surface area contributed by atoms with Crippen LogP contribution in [-0.4, -0.2) is 61.1 Å². The maximum atomic E-state index is 4.53. The van der Waals surface area contributed by atoms with Crippen molar-refractivity contribution in [3.05, 3.63) is 0 Å². The number of nitrogens with zero attached hydrogens (tertiary/aromatic N) is 3. The van der Waals surface area contributed by atoms with Gasteiger partial charge < -0.3 is 10.2 Å². The van der Waals surface area contributed by atoms with Crippen molar-refractivity contribution in [2.45, 2.75) is 57.0 Å². The van der Waals surface area contributed by atoms with E-state index in [-0.39, 0.29) is 0 Å². The number of likely N-dealkylation sites (N-methyl/N-ethyl adjacent to an activating group) is 1. The third-order valence-corrected chi connectivity index (χ3v) is 5.02. The molecule has 108 valence electrons. The molecule has 1 unspecified atom stereocenters. The van der Waals surface area contributed by atoms with Crippen LogP contribution in [0.15, 0.2) is 4.99 Å². The summed E-state index contributed by atoms with van der Waals surface area (Å²) in [6.07, 6.45) is 9.93. The van der Waals surface area contributed by atoms with Crippen molar-refractivity contribution in [3.63, 3.8) is 0 Å². The fourth-order valence-electron chi connectivity index (χ4n) is 3.90. The molecule has 1 N–H and O–H groups in total. The van der Waals surface area contributed by atoms with Crippen LogP contribution in [0.25, 0.3) is 0 Å². The second kappa shape index (κ2) is 6.12. The molecule has 2 aliphatic heterocycles. The zero-order valence-electron chi connectivity index (χ0n) is 12.3. The fourth-order valence-corrected chi connectivity index (χ4v) is 3.90. The van der Waals surface area contributed by atoms with Gasteiger partial charge in [0.1, 0.15) is 0 Å². The van der Waals surface area contributed by atoms with Gasteiger partial charge in [-0.05, 0) is 32.2 Å². The van der Waals surface area contributed by atoms with Crippen LogP contribution in [0.5, 0.6) is 0 Å². The lowest BCUT2D eigenvalue weighted by Gasteiger charge is -2.36. The number of nitrogens with one attached hydrogen (secondary N) is 1. The van der Waals surface area contributed by atoms with Gasteiger partial charge in [0.05, 0.1) is 6.54 Å². The summed E-state index contributed by atoms with van der Waals surface area (Å²) in [6.45, 7) is 4.42. The third-order valence-electron chi connectivity index (χ3n) is 5.02. The molecule has 3 rings (SSSR count). The average Bonchev–Trinajstić information content (AvgIpc) is 3.06. The molecule has 1 saturated carbocycles. The van der Waals surface area contributed by atoms with E-state index in [1.165, 1.54) is 51.5 Å². The van der Waals surface area contributed by atoms with Crippen LogP contribution >= 0.6 is 0 Å². The zero-order chi connectivity index (χ0) is 13.1. The normalized spacial score (nSPS) is 29.8. The predicted molar refractivity (Wildman–Crippen MR) is 79.5 cm³/mol. The molecule has 0 aromatic carbocycles. The maximum Gasteiger partial charge on any atom is 0.193 e. The van der Waals surface area contributed by atoms with E-state index >= 15 is 0 Å². The van der Waals surface area contributed by atoms with E-state index in [0.29, 0.717) is 0 Å². The van der Waals surface area contributed by atoms with Crippen LogP contribution in [0.1, 0.15) is 44.9 Å². The second-order valence-corrected chi connectivity index (χ2v) is 6.33. The van der Waals surface area contributed by atoms with Gasteiger partial charge >= 0.3 is 0 Å². The van der Waals surface area contributed by atoms with Crippen LogP contribution < -0.4 is 5.32 Å². The van der Waals surface area contributed by atoms with Crippen molar-refractivity contribution in [3.8, 4) is 0 Å². The number of guanidine groups is 1. The molecule has 4 heteroatoms. The Morgan fingerprint density at radius 3 is 2.68 bits per heavy atom. The van der Waals surface area contributed by atoms with Crippen LogP contribution in [0.2, 0.25) is 0 Å². The van der Waals surface area contributed by atoms with Crippen LogP contribution in [-0.2, 0) is 0 Å². The van der Waals surface area contributed by atoms with Crippen molar-refractivity contribution in [1.82, 2.24) is 15.1 Å². The summed E-state index contributed by atoms with van der Waals surface area (Å²) in [5.74, 6) is 1.11. The zero-order valence-corrected chi connectivity index (χ0v) is 12.3. The minimum Gasteiger partial charge on any atom is -0.355 e. The standard InChI is InChI=1S/C15H28N4/c1-18-11-9-16-15(18)17-12-14-8-5-10-19(14)13-6-3-2-4-7-13/h13-14H,2-12H2,1H3,(H,16,17). The first-order chi connectivity index (χ1) is 9.34. The highest BCUT2D eigenvalue weighted by atomic mass is 15.3. The summed E-state index contributed by atoms with van der Waals surface area (Å²) in [7, 11) is 2.13. The molecule has 4 nitrogen and oxygen atoms in total. The maximum absolute atomic E-state index is 4.53. The highest BCUT2D eigenvalue weighted by molar-refractivity contribution is 5.81. The Kier molecular flexibility index (Phi) is 4.26. The summed E-state index contributed by atoms with van der Waals surface area (Å²) < 4.78 is 0. The number of hydrogen-bond acceptors (Lipinski definition) is 4. The topological polar surface area (TPSA) is 30.9 Å². The van der Waals surface area contributed by atoms with Gasteiger partial charge in [0.2, 0.25) is 0 Å². The SMILES string of the molecule is CN1CCN=C1NCC1CCCN1C1CCCCC1. The molecule has 19 heavy (non-hydrogen) atoms. The van der Waals surface area contributed by atoms with Gasteiger partial charge in [0.25, 0.3) is 0 Å². The van der Waals surface area contributed by atoms with Crippen LogP contribution in [0.4, 0.5) is 0 Å². The molecule has 1 aliphatic carbocycles. The Balaban J connectivity index is 1.51. The molecular weight excluding hydrogens is 236 g/mol. The Morgan fingerprint density at radius 2 is 1.95 bits per heavy atom. The molecule has 3 aliphatic rings. The second-order valence-electron chi connectivity index (χ2n) is 6.33. The van der Waals surface area contributed by atoms with Crippen molar-refractivity contribution in [1.29, 1.82) is 0 Å². The molecule has 1 saturated heterocycles. The van der Waals surface area contributed by atoms with E-state index in [0.717, 1.165) is 37.7 Å². The molecule has 0 spiro atoms. The smallest absolute Gasteiger partial charge is 0.193 e. The molecule has 0 radical (unpaired) electrons. The molecule has 2 heterocycles. The van der Waals surface area contributed by atoms with Gasteiger partial charge in [-0.2, -0.15) is 0 Å². The predicted octanol–water partition coefficient (Wildman–Crippen LogP) is 1.67. The lowest BCUT2D eigenvalue weighted by atomic mass is 9.94. The van der Waals surface area contributed by atoms with E-state index in [9.17, 15) is 0 Å². The lowest BCUT2D eigenvalue weighted by Crippen LogP contribution is -2.47. The fraction of sp³-hybridized carbons (Fsp3) is 0.933.